The van der Waals surface area contributed by atoms with Gasteiger partial charge in [0.1, 0.15) is 6.54 Å². The van der Waals surface area contributed by atoms with Gasteiger partial charge in [0.25, 0.3) is 0 Å². The Bertz CT molecular complexity index is 340. The predicted molar refractivity (Wildman–Crippen MR) is 83.4 cm³/mol. The van der Waals surface area contributed by atoms with Crippen molar-refractivity contribution in [3.8, 4) is 0 Å². The average molecular weight is 298 g/mol. The molecule has 122 valence electrons. The van der Waals surface area contributed by atoms with Crippen molar-refractivity contribution >= 4 is 12.0 Å². The molecule has 0 heterocycles. The van der Waals surface area contributed by atoms with Crippen LogP contribution in [-0.4, -0.2) is 52.1 Å². The molecule has 1 aliphatic rings. The molecular formula is C16H30N2O3. The number of carboxylic acid groups (broad SMARTS) is 1. The van der Waals surface area contributed by atoms with E-state index in [0.717, 1.165) is 44.9 Å². The largest absolute Gasteiger partial charge is 0.480 e. The van der Waals surface area contributed by atoms with E-state index in [1.807, 2.05) is 11.8 Å². The second-order valence-electron chi connectivity index (χ2n) is 6.05. The lowest BCUT2D eigenvalue weighted by Gasteiger charge is -2.36. The molecule has 21 heavy (non-hydrogen) atoms. The molecule has 1 N–H and O–H groups in total. The van der Waals surface area contributed by atoms with Crippen LogP contribution in [-0.2, 0) is 4.79 Å². The third kappa shape index (κ3) is 5.21. The minimum absolute atomic E-state index is 0.0906. The highest BCUT2D eigenvalue weighted by Gasteiger charge is 2.32. The zero-order valence-electron chi connectivity index (χ0n) is 13.7. The van der Waals surface area contributed by atoms with E-state index in [1.165, 1.54) is 0 Å². The number of nitrogens with zero attached hydrogens (tertiary/aromatic N) is 2. The van der Waals surface area contributed by atoms with Gasteiger partial charge in [0, 0.05) is 18.6 Å². The summed E-state index contributed by atoms with van der Waals surface area (Å²) in [6.07, 6.45) is 6.92. The first-order valence-electron chi connectivity index (χ1n) is 8.30. The van der Waals surface area contributed by atoms with Crippen LogP contribution < -0.4 is 0 Å². The summed E-state index contributed by atoms with van der Waals surface area (Å²) >= 11 is 0. The molecule has 1 unspecified atom stereocenters. The van der Waals surface area contributed by atoms with E-state index in [0.29, 0.717) is 6.54 Å². The quantitative estimate of drug-likeness (QED) is 0.747. The van der Waals surface area contributed by atoms with Gasteiger partial charge >= 0.3 is 12.0 Å². The number of amides is 2. The van der Waals surface area contributed by atoms with Crippen molar-refractivity contribution in [1.29, 1.82) is 0 Å². The summed E-state index contributed by atoms with van der Waals surface area (Å²) in [5.41, 5.74) is 0. The molecule has 0 aromatic heterocycles. The van der Waals surface area contributed by atoms with E-state index in [4.69, 9.17) is 5.11 Å². The second-order valence-corrected chi connectivity index (χ2v) is 6.05. The van der Waals surface area contributed by atoms with Crippen LogP contribution in [0.3, 0.4) is 0 Å². The van der Waals surface area contributed by atoms with Gasteiger partial charge in [-0.2, -0.15) is 0 Å². The summed E-state index contributed by atoms with van der Waals surface area (Å²) in [5.74, 6) is -0.921. The number of hydrogen-bond acceptors (Lipinski definition) is 2. The van der Waals surface area contributed by atoms with Crippen molar-refractivity contribution in [3.63, 3.8) is 0 Å². The fraction of sp³-hybridized carbons (Fsp3) is 0.875. The lowest BCUT2D eigenvalue weighted by Crippen LogP contribution is -2.52. The van der Waals surface area contributed by atoms with Crippen molar-refractivity contribution in [3.05, 3.63) is 0 Å². The molecule has 2 amide bonds. The summed E-state index contributed by atoms with van der Waals surface area (Å²) in [5, 5.41) is 9.13. The Morgan fingerprint density at radius 2 is 1.86 bits per heavy atom. The molecule has 5 heteroatoms. The molecule has 0 radical (unpaired) electrons. The SMILES string of the molecule is CCCCN(C(=O)N(CC(=O)O)C1CCCC1)C(C)CC. The van der Waals surface area contributed by atoms with E-state index in [9.17, 15) is 9.59 Å². The van der Waals surface area contributed by atoms with Crippen LogP contribution in [0.25, 0.3) is 0 Å². The van der Waals surface area contributed by atoms with Crippen molar-refractivity contribution in [1.82, 2.24) is 9.80 Å². The Balaban J connectivity index is 2.84. The Labute approximate surface area is 128 Å². The van der Waals surface area contributed by atoms with E-state index < -0.39 is 5.97 Å². The monoisotopic (exact) mass is 298 g/mol. The van der Waals surface area contributed by atoms with Gasteiger partial charge in [-0.05, 0) is 32.6 Å². The van der Waals surface area contributed by atoms with E-state index in [-0.39, 0.29) is 24.7 Å². The Morgan fingerprint density at radius 1 is 1.24 bits per heavy atom. The zero-order chi connectivity index (χ0) is 15.8. The molecule has 1 atom stereocenters. The minimum Gasteiger partial charge on any atom is -0.480 e. The maximum absolute atomic E-state index is 12.9. The summed E-state index contributed by atoms with van der Waals surface area (Å²) in [4.78, 5) is 27.5. The maximum Gasteiger partial charge on any atom is 0.323 e. The number of carboxylic acids is 1. The summed E-state index contributed by atoms with van der Waals surface area (Å²) in [6, 6.07) is 0.163. The van der Waals surface area contributed by atoms with Crippen LogP contribution >= 0.6 is 0 Å². The molecule has 1 saturated carbocycles. The van der Waals surface area contributed by atoms with Gasteiger partial charge in [-0.1, -0.05) is 33.1 Å². The summed E-state index contributed by atoms with van der Waals surface area (Å²) in [6.45, 7) is 6.75. The van der Waals surface area contributed by atoms with Gasteiger partial charge < -0.3 is 14.9 Å². The van der Waals surface area contributed by atoms with E-state index >= 15 is 0 Å². The number of carbonyl (C=O) groups excluding carboxylic acids is 1. The normalized spacial score (nSPS) is 16.7. The number of urea groups is 1. The smallest absolute Gasteiger partial charge is 0.323 e. The third-order valence-corrected chi connectivity index (χ3v) is 4.44. The lowest BCUT2D eigenvalue weighted by atomic mass is 10.2. The van der Waals surface area contributed by atoms with Gasteiger partial charge in [-0.15, -0.1) is 0 Å². The number of carbonyl (C=O) groups is 2. The van der Waals surface area contributed by atoms with Gasteiger partial charge in [-0.3, -0.25) is 4.79 Å². The van der Waals surface area contributed by atoms with Gasteiger partial charge in [0.15, 0.2) is 0 Å². The number of aliphatic carboxylic acids is 1. The van der Waals surface area contributed by atoms with Crippen molar-refractivity contribution in [2.24, 2.45) is 0 Å². The van der Waals surface area contributed by atoms with Crippen molar-refractivity contribution < 1.29 is 14.7 Å². The lowest BCUT2D eigenvalue weighted by molar-refractivity contribution is -0.138. The summed E-state index contributed by atoms with van der Waals surface area (Å²) in [7, 11) is 0. The molecule has 0 aromatic rings. The highest BCUT2D eigenvalue weighted by atomic mass is 16.4. The molecule has 0 bridgehead atoms. The Hall–Kier alpha value is -1.26. The molecule has 0 spiro atoms. The first-order valence-corrected chi connectivity index (χ1v) is 8.30. The molecule has 0 aliphatic heterocycles. The van der Waals surface area contributed by atoms with E-state index in [2.05, 4.69) is 13.8 Å². The van der Waals surface area contributed by atoms with Gasteiger partial charge in [0.2, 0.25) is 0 Å². The molecule has 1 rings (SSSR count). The zero-order valence-corrected chi connectivity index (χ0v) is 13.7. The number of unbranched alkanes of at least 4 members (excludes halogenated alkanes) is 1. The van der Waals surface area contributed by atoms with Crippen LogP contribution in [0, 0.1) is 0 Å². The van der Waals surface area contributed by atoms with Crippen molar-refractivity contribution in [2.75, 3.05) is 13.1 Å². The molecule has 1 fully saturated rings. The first-order chi connectivity index (χ1) is 10.0. The fourth-order valence-electron chi connectivity index (χ4n) is 2.93. The second kappa shape index (κ2) is 8.90. The van der Waals surface area contributed by atoms with Gasteiger partial charge in [-0.25, -0.2) is 4.79 Å². The Kier molecular flexibility index (Phi) is 7.54. The highest BCUT2D eigenvalue weighted by Crippen LogP contribution is 2.25. The topological polar surface area (TPSA) is 60.9 Å². The van der Waals surface area contributed by atoms with Crippen LogP contribution in [0.4, 0.5) is 4.79 Å². The number of hydrogen-bond donors (Lipinski definition) is 1. The predicted octanol–water partition coefficient (Wildman–Crippen LogP) is 3.34. The highest BCUT2D eigenvalue weighted by molar-refractivity contribution is 5.80. The molecule has 1 aliphatic carbocycles. The van der Waals surface area contributed by atoms with E-state index in [1.54, 1.807) is 4.90 Å². The van der Waals surface area contributed by atoms with Crippen LogP contribution in [0.15, 0.2) is 0 Å². The molecular weight excluding hydrogens is 268 g/mol. The maximum atomic E-state index is 12.9. The average Bonchev–Trinajstić information content (AvgIpc) is 2.98. The first kappa shape index (κ1) is 17.8. The fourth-order valence-corrected chi connectivity index (χ4v) is 2.93. The Morgan fingerprint density at radius 3 is 2.33 bits per heavy atom. The molecule has 5 nitrogen and oxygen atoms in total. The van der Waals surface area contributed by atoms with Crippen LogP contribution in [0.2, 0.25) is 0 Å². The van der Waals surface area contributed by atoms with Gasteiger partial charge in [0.05, 0.1) is 0 Å². The standard InChI is InChI=1S/C16H30N2O3/c1-4-6-11-17(13(3)5-2)16(21)18(12-15(19)20)14-9-7-8-10-14/h13-14H,4-12H2,1-3H3,(H,19,20). The minimum atomic E-state index is -0.921. The molecule has 0 aromatic carbocycles. The molecule has 0 saturated heterocycles. The van der Waals surface area contributed by atoms with Crippen molar-refractivity contribution in [2.45, 2.75) is 77.8 Å². The third-order valence-electron chi connectivity index (χ3n) is 4.44. The van der Waals surface area contributed by atoms with Crippen LogP contribution in [0.1, 0.15) is 65.7 Å². The number of rotatable bonds is 8. The summed E-state index contributed by atoms with van der Waals surface area (Å²) < 4.78 is 0. The van der Waals surface area contributed by atoms with Crippen LogP contribution in [0.5, 0.6) is 0 Å².